The van der Waals surface area contributed by atoms with E-state index in [-0.39, 0.29) is 17.8 Å². The van der Waals surface area contributed by atoms with Crippen LogP contribution in [0.5, 0.6) is 0 Å². The fourth-order valence-corrected chi connectivity index (χ4v) is 1.21. The summed E-state index contributed by atoms with van der Waals surface area (Å²) in [5, 5.41) is 13.9. The number of nitro benzene ring substituents is 1. The Kier molecular flexibility index (Phi) is 4.41. The lowest BCUT2D eigenvalue weighted by Gasteiger charge is -1.97. The molecule has 0 atom stereocenters. The Balaban J connectivity index is 2.97. The number of nitro groups is 1. The fourth-order valence-electron chi connectivity index (χ4n) is 1.21. The second-order valence-electron chi connectivity index (χ2n) is 3.01. The van der Waals surface area contributed by atoms with Gasteiger partial charge in [-0.3, -0.25) is 14.9 Å². The van der Waals surface area contributed by atoms with Crippen LogP contribution in [0.3, 0.4) is 0 Å². The predicted octanol–water partition coefficient (Wildman–Crippen LogP) is 2.73. The van der Waals surface area contributed by atoms with Gasteiger partial charge in [-0.25, -0.2) is 0 Å². The molecule has 0 saturated carbocycles. The molecule has 0 aliphatic carbocycles. The van der Waals surface area contributed by atoms with Gasteiger partial charge in [-0.05, 0) is 23.2 Å². The van der Waals surface area contributed by atoms with Gasteiger partial charge < -0.3 is 0 Å². The maximum Gasteiger partial charge on any atom is 0.279 e. The fraction of sp³-hybridized carbons (Fsp3) is 0.100. The number of azide groups is 1. The molecule has 7 heteroatoms. The molecule has 0 radical (unpaired) electrons. The molecule has 1 rings (SSSR count). The van der Waals surface area contributed by atoms with E-state index in [9.17, 15) is 14.9 Å². The predicted molar refractivity (Wildman–Crippen MR) is 61.5 cm³/mol. The zero-order valence-corrected chi connectivity index (χ0v) is 8.68. The molecule has 0 amide bonds. The van der Waals surface area contributed by atoms with Crippen LogP contribution in [0, 0.1) is 10.1 Å². The van der Waals surface area contributed by atoms with Gasteiger partial charge in [0.05, 0.1) is 10.5 Å². The minimum absolute atomic E-state index is 0.0148. The van der Waals surface area contributed by atoms with Crippen LogP contribution in [0.15, 0.2) is 29.4 Å². The number of aldehydes is 1. The van der Waals surface area contributed by atoms with Crippen LogP contribution in [-0.4, -0.2) is 17.8 Å². The molecule has 7 nitrogen and oxygen atoms in total. The van der Waals surface area contributed by atoms with Crippen LogP contribution in [-0.2, 0) is 0 Å². The molecule has 0 spiro atoms. The summed E-state index contributed by atoms with van der Waals surface area (Å²) in [5.74, 6) is 0. The molecule has 0 heterocycles. The van der Waals surface area contributed by atoms with Crippen LogP contribution in [0.1, 0.15) is 15.9 Å². The summed E-state index contributed by atoms with van der Waals surface area (Å²) in [4.78, 5) is 23.2. The molecule has 1 aromatic carbocycles. The van der Waals surface area contributed by atoms with Crippen LogP contribution in [0.2, 0.25) is 0 Å². The van der Waals surface area contributed by atoms with Crippen LogP contribution in [0.25, 0.3) is 16.5 Å². The van der Waals surface area contributed by atoms with Crippen LogP contribution in [0.4, 0.5) is 5.69 Å². The Morgan fingerprint density at radius 1 is 1.53 bits per heavy atom. The van der Waals surface area contributed by atoms with Crippen molar-refractivity contribution in [1.82, 2.24) is 0 Å². The van der Waals surface area contributed by atoms with Gasteiger partial charge in [0.25, 0.3) is 5.69 Å². The van der Waals surface area contributed by atoms with Gasteiger partial charge in [-0.2, -0.15) is 0 Å². The summed E-state index contributed by atoms with van der Waals surface area (Å²) in [6.45, 7) is 0.184. The van der Waals surface area contributed by atoms with E-state index >= 15 is 0 Å². The normalized spacial score (nSPS) is 9.88. The minimum atomic E-state index is -0.614. The van der Waals surface area contributed by atoms with Crippen molar-refractivity contribution in [2.24, 2.45) is 5.11 Å². The zero-order chi connectivity index (χ0) is 12.7. The maximum absolute atomic E-state index is 10.7. The number of hydrogen-bond donors (Lipinski definition) is 0. The highest BCUT2D eigenvalue weighted by molar-refractivity contribution is 5.82. The van der Waals surface area contributed by atoms with Crippen LogP contribution >= 0.6 is 0 Å². The largest absolute Gasteiger partial charge is 0.298 e. The topological polar surface area (TPSA) is 109 Å². The monoisotopic (exact) mass is 232 g/mol. The van der Waals surface area contributed by atoms with Crippen molar-refractivity contribution in [2.45, 2.75) is 0 Å². The number of rotatable bonds is 5. The third-order valence-electron chi connectivity index (χ3n) is 1.94. The minimum Gasteiger partial charge on any atom is -0.298 e. The number of benzene rings is 1. The average Bonchev–Trinajstić information content (AvgIpc) is 2.34. The molecular formula is C10H8N4O3. The molecule has 0 unspecified atom stereocenters. The van der Waals surface area contributed by atoms with Gasteiger partial charge >= 0.3 is 0 Å². The van der Waals surface area contributed by atoms with E-state index in [1.807, 2.05) is 0 Å². The first-order valence-electron chi connectivity index (χ1n) is 4.60. The third kappa shape index (κ3) is 3.44. The molecule has 0 aliphatic rings. The van der Waals surface area contributed by atoms with Gasteiger partial charge in [0, 0.05) is 17.5 Å². The third-order valence-corrected chi connectivity index (χ3v) is 1.94. The van der Waals surface area contributed by atoms with E-state index < -0.39 is 4.92 Å². The van der Waals surface area contributed by atoms with Crippen molar-refractivity contribution in [3.63, 3.8) is 0 Å². The highest BCUT2D eigenvalue weighted by Gasteiger charge is 2.12. The lowest BCUT2D eigenvalue weighted by atomic mass is 10.1. The summed E-state index contributed by atoms with van der Waals surface area (Å²) in [5.41, 5.74) is 8.46. The van der Waals surface area contributed by atoms with Crippen molar-refractivity contribution < 1.29 is 9.72 Å². The van der Waals surface area contributed by atoms with E-state index in [4.69, 9.17) is 5.53 Å². The molecule has 17 heavy (non-hydrogen) atoms. The second-order valence-corrected chi connectivity index (χ2v) is 3.01. The van der Waals surface area contributed by atoms with Crippen molar-refractivity contribution >= 4 is 18.0 Å². The van der Waals surface area contributed by atoms with Crippen molar-refractivity contribution in [2.75, 3.05) is 6.54 Å². The number of hydrogen-bond acceptors (Lipinski definition) is 4. The molecule has 0 bridgehead atoms. The Labute approximate surface area is 96.1 Å². The number of carbonyl (C=O) groups is 1. The molecule has 0 fully saturated rings. The van der Waals surface area contributed by atoms with Gasteiger partial charge in [0.15, 0.2) is 6.29 Å². The van der Waals surface area contributed by atoms with Gasteiger partial charge in [-0.1, -0.05) is 17.3 Å². The molecule has 0 N–H and O–H groups in total. The van der Waals surface area contributed by atoms with E-state index in [0.29, 0.717) is 11.8 Å². The number of carbonyl (C=O) groups excluding carboxylic acids is 1. The molecule has 1 aromatic rings. The van der Waals surface area contributed by atoms with Gasteiger partial charge in [-0.15, -0.1) is 0 Å². The summed E-state index contributed by atoms with van der Waals surface area (Å²) >= 11 is 0. The summed E-state index contributed by atoms with van der Waals surface area (Å²) in [7, 11) is 0. The average molecular weight is 232 g/mol. The smallest absolute Gasteiger partial charge is 0.279 e. The molecule has 0 aromatic heterocycles. The molecule has 86 valence electrons. The van der Waals surface area contributed by atoms with E-state index in [0.717, 1.165) is 0 Å². The lowest BCUT2D eigenvalue weighted by Crippen LogP contribution is -1.94. The first-order valence-corrected chi connectivity index (χ1v) is 4.60. The van der Waals surface area contributed by atoms with E-state index in [2.05, 4.69) is 10.0 Å². The Morgan fingerprint density at radius 3 is 2.88 bits per heavy atom. The zero-order valence-electron chi connectivity index (χ0n) is 8.68. The second kappa shape index (κ2) is 6.04. The molecular weight excluding hydrogens is 224 g/mol. The van der Waals surface area contributed by atoms with E-state index in [1.165, 1.54) is 18.2 Å². The highest BCUT2D eigenvalue weighted by Crippen LogP contribution is 2.18. The molecule has 0 saturated heterocycles. The Hall–Kier alpha value is -2.66. The lowest BCUT2D eigenvalue weighted by molar-refractivity contribution is -0.385. The van der Waals surface area contributed by atoms with Crippen molar-refractivity contribution in [3.05, 3.63) is 56.0 Å². The Bertz CT molecular complexity index is 518. The van der Waals surface area contributed by atoms with Gasteiger partial charge in [0.2, 0.25) is 0 Å². The summed E-state index contributed by atoms with van der Waals surface area (Å²) < 4.78 is 0. The Morgan fingerprint density at radius 2 is 2.29 bits per heavy atom. The quantitative estimate of drug-likeness (QED) is 0.194. The SMILES string of the molecule is [N-]=[N+]=NCC=Cc1ccc([N+](=O)[O-])c(C=O)c1. The first-order chi connectivity index (χ1) is 8.19. The highest BCUT2D eigenvalue weighted by atomic mass is 16.6. The van der Waals surface area contributed by atoms with Crippen LogP contribution < -0.4 is 0 Å². The summed E-state index contributed by atoms with van der Waals surface area (Å²) in [6, 6.07) is 4.17. The number of nitrogens with zero attached hydrogens (tertiary/aromatic N) is 4. The van der Waals surface area contributed by atoms with Crippen molar-refractivity contribution in [1.29, 1.82) is 0 Å². The first kappa shape index (κ1) is 12.4. The summed E-state index contributed by atoms with van der Waals surface area (Å²) in [6.07, 6.45) is 3.64. The molecule has 0 aliphatic heterocycles. The standard InChI is InChI=1S/C10H8N4O3/c11-13-12-5-1-2-8-3-4-10(14(16)17)9(6-8)7-15/h1-4,6-7H,5H2. The van der Waals surface area contributed by atoms with Gasteiger partial charge in [0.1, 0.15) is 0 Å². The van der Waals surface area contributed by atoms with E-state index in [1.54, 1.807) is 12.2 Å². The van der Waals surface area contributed by atoms with Crippen molar-refractivity contribution in [3.8, 4) is 0 Å². The maximum atomic E-state index is 10.7.